The molecule has 0 fully saturated rings. The molecule has 2 N–H and O–H groups in total. The number of anilines is 2. The third-order valence-electron chi connectivity index (χ3n) is 4.23. The molecule has 3 aromatic rings. The molecule has 5 nitrogen and oxygen atoms in total. The lowest BCUT2D eigenvalue weighted by Gasteiger charge is -2.21. The van der Waals surface area contributed by atoms with Gasteiger partial charge in [0.05, 0.1) is 22.0 Å². The van der Waals surface area contributed by atoms with E-state index >= 15 is 0 Å². The summed E-state index contributed by atoms with van der Waals surface area (Å²) in [4.78, 5) is 4.76. The number of hydrogen-bond acceptors (Lipinski definition) is 5. The molecule has 0 amide bonds. The van der Waals surface area contributed by atoms with Gasteiger partial charge < -0.3 is 5.32 Å². The second-order valence-corrected chi connectivity index (χ2v) is 9.84. The first kappa shape index (κ1) is 19.0. The molecule has 0 radical (unpaired) electrons. The highest BCUT2D eigenvalue weighted by atomic mass is 79.9. The van der Waals surface area contributed by atoms with Crippen molar-refractivity contribution in [1.29, 1.82) is 0 Å². The highest BCUT2D eigenvalue weighted by Crippen LogP contribution is 2.44. The van der Waals surface area contributed by atoms with Crippen LogP contribution < -0.4 is 10.1 Å². The molecule has 0 spiro atoms. The van der Waals surface area contributed by atoms with Crippen LogP contribution in [0.5, 0.6) is 0 Å². The van der Waals surface area contributed by atoms with Crippen LogP contribution in [0.25, 0.3) is 0 Å². The number of nitrogens with one attached hydrogen (secondary N) is 2. The highest BCUT2D eigenvalue weighted by molar-refractivity contribution is 9.10. The summed E-state index contributed by atoms with van der Waals surface area (Å²) in [6.45, 7) is 1.77. The molecule has 0 aromatic heterocycles. The number of para-hydroxylation sites is 1. The van der Waals surface area contributed by atoms with Crippen molar-refractivity contribution in [1.82, 2.24) is 4.83 Å². The maximum Gasteiger partial charge on any atom is 0.276 e. The molecule has 0 saturated carbocycles. The summed E-state index contributed by atoms with van der Waals surface area (Å²) in [5.41, 5.74) is 3.45. The monoisotopic (exact) mass is 473 g/mol. The molecule has 0 bridgehead atoms. The molecule has 1 aliphatic rings. The fourth-order valence-corrected chi connectivity index (χ4v) is 4.81. The maximum atomic E-state index is 12.4. The Kier molecular flexibility index (Phi) is 5.18. The van der Waals surface area contributed by atoms with E-state index in [2.05, 4.69) is 37.2 Å². The van der Waals surface area contributed by atoms with Gasteiger partial charge in [0.1, 0.15) is 0 Å². The topological polar surface area (TPSA) is 70.6 Å². The van der Waals surface area contributed by atoms with E-state index < -0.39 is 10.0 Å². The summed E-state index contributed by atoms with van der Waals surface area (Å²) in [6, 6.07) is 20.4. The molecule has 3 aromatic carbocycles. The minimum Gasteiger partial charge on any atom is -0.354 e. The minimum absolute atomic E-state index is 0.160. The Morgan fingerprint density at radius 2 is 1.71 bits per heavy atom. The van der Waals surface area contributed by atoms with Crippen LogP contribution in [-0.2, 0) is 10.0 Å². The minimum atomic E-state index is -3.72. The number of nitrogens with zero attached hydrogens (tertiary/aromatic N) is 1. The molecular formula is C20H16BrN3O2S2. The van der Waals surface area contributed by atoms with E-state index in [4.69, 9.17) is 0 Å². The Hall–Kier alpha value is -2.29. The Balaban J connectivity index is 1.56. The van der Waals surface area contributed by atoms with E-state index in [9.17, 15) is 8.42 Å². The molecule has 28 heavy (non-hydrogen) atoms. The second kappa shape index (κ2) is 7.62. The Morgan fingerprint density at radius 3 is 2.50 bits per heavy atom. The number of halogens is 1. The van der Waals surface area contributed by atoms with E-state index in [1.165, 1.54) is 17.0 Å². The van der Waals surface area contributed by atoms with Crippen molar-refractivity contribution in [3.63, 3.8) is 0 Å². The second-order valence-electron chi connectivity index (χ2n) is 6.18. The van der Waals surface area contributed by atoms with Crippen LogP contribution in [0.1, 0.15) is 12.5 Å². The summed E-state index contributed by atoms with van der Waals surface area (Å²) >= 11 is 5.00. The Labute approximate surface area is 176 Å². The first-order valence-electron chi connectivity index (χ1n) is 8.42. The van der Waals surface area contributed by atoms with Gasteiger partial charge in [-0.1, -0.05) is 45.9 Å². The average molecular weight is 474 g/mol. The summed E-state index contributed by atoms with van der Waals surface area (Å²) < 4.78 is 25.6. The quantitative estimate of drug-likeness (QED) is 0.309. The third-order valence-corrected chi connectivity index (χ3v) is 7.14. The first-order chi connectivity index (χ1) is 13.4. The predicted octanol–water partition coefficient (Wildman–Crippen LogP) is 5.36. The number of rotatable bonds is 4. The normalized spacial score (nSPS) is 13.3. The Morgan fingerprint density at radius 1 is 1.00 bits per heavy atom. The number of sulfonamides is 1. The van der Waals surface area contributed by atoms with Gasteiger partial charge in [0.15, 0.2) is 0 Å². The van der Waals surface area contributed by atoms with Gasteiger partial charge in [0.2, 0.25) is 0 Å². The van der Waals surface area contributed by atoms with Crippen molar-refractivity contribution in [3.05, 3.63) is 76.8 Å². The van der Waals surface area contributed by atoms with Gasteiger partial charge in [-0.2, -0.15) is 18.4 Å². The molecule has 0 unspecified atom stereocenters. The summed E-state index contributed by atoms with van der Waals surface area (Å²) in [7, 11) is -3.72. The molecule has 0 aliphatic carbocycles. The van der Waals surface area contributed by atoms with E-state index in [-0.39, 0.29) is 4.90 Å². The number of hydrazone groups is 1. The summed E-state index contributed by atoms with van der Waals surface area (Å²) in [5.74, 6) is 0. The van der Waals surface area contributed by atoms with Gasteiger partial charge in [0.25, 0.3) is 10.0 Å². The van der Waals surface area contributed by atoms with E-state index in [0.717, 1.165) is 26.3 Å². The van der Waals surface area contributed by atoms with E-state index in [0.29, 0.717) is 5.71 Å². The van der Waals surface area contributed by atoms with Crippen LogP contribution in [0.3, 0.4) is 0 Å². The molecule has 142 valence electrons. The predicted molar refractivity (Wildman–Crippen MR) is 117 cm³/mol. The fourth-order valence-electron chi connectivity index (χ4n) is 2.72. The Bertz CT molecular complexity index is 1180. The molecule has 1 aliphatic heterocycles. The zero-order valence-corrected chi connectivity index (χ0v) is 18.0. The molecule has 0 atom stereocenters. The SMILES string of the molecule is C/C(=N\NS(=O)(=O)c1ccc(Br)cc1)c1ccc2c(c1)Nc1ccccc1S2. The number of benzene rings is 3. The van der Waals surface area contributed by atoms with Crippen LogP contribution >= 0.6 is 27.7 Å². The van der Waals surface area contributed by atoms with E-state index in [1.807, 2.05) is 36.4 Å². The van der Waals surface area contributed by atoms with Gasteiger partial charge in [0, 0.05) is 14.3 Å². The zero-order valence-electron chi connectivity index (χ0n) is 14.8. The molecular weight excluding hydrogens is 458 g/mol. The van der Waals surface area contributed by atoms with Gasteiger partial charge in [-0.25, -0.2) is 0 Å². The van der Waals surface area contributed by atoms with Crippen molar-refractivity contribution in [2.24, 2.45) is 5.10 Å². The molecule has 4 rings (SSSR count). The molecule has 0 saturated heterocycles. The van der Waals surface area contributed by atoms with Crippen molar-refractivity contribution in [2.75, 3.05) is 5.32 Å². The highest BCUT2D eigenvalue weighted by Gasteiger charge is 2.16. The van der Waals surface area contributed by atoms with Crippen molar-refractivity contribution in [3.8, 4) is 0 Å². The molecule has 1 heterocycles. The zero-order chi connectivity index (χ0) is 19.7. The van der Waals surface area contributed by atoms with E-state index in [1.54, 1.807) is 30.8 Å². The van der Waals surface area contributed by atoms with Crippen LogP contribution in [0.2, 0.25) is 0 Å². The van der Waals surface area contributed by atoms with Crippen LogP contribution in [0.15, 0.2) is 91.0 Å². The van der Waals surface area contributed by atoms with Gasteiger partial charge in [-0.3, -0.25) is 0 Å². The summed E-state index contributed by atoms with van der Waals surface area (Å²) in [5, 5.41) is 7.51. The smallest absolute Gasteiger partial charge is 0.276 e. The van der Waals surface area contributed by atoms with Crippen molar-refractivity contribution < 1.29 is 8.42 Å². The standard InChI is InChI=1S/C20H16BrN3O2S2/c1-13(23-24-28(25,26)16-9-7-15(21)8-10-16)14-6-11-20-18(12-14)22-17-4-2-3-5-19(17)27-20/h2-12,22,24H,1H3/b23-13+. The number of hydrogen-bond donors (Lipinski definition) is 2. The lowest BCUT2D eigenvalue weighted by molar-refractivity contribution is 0.584. The van der Waals surface area contributed by atoms with Crippen LogP contribution in [0, 0.1) is 0 Å². The third kappa shape index (κ3) is 3.94. The molecule has 8 heteroatoms. The first-order valence-corrected chi connectivity index (χ1v) is 11.5. The van der Waals surface area contributed by atoms with Crippen molar-refractivity contribution in [2.45, 2.75) is 21.6 Å². The maximum absolute atomic E-state index is 12.4. The van der Waals surface area contributed by atoms with Gasteiger partial charge in [-0.15, -0.1) is 0 Å². The lowest BCUT2D eigenvalue weighted by atomic mass is 10.1. The summed E-state index contributed by atoms with van der Waals surface area (Å²) in [6.07, 6.45) is 0. The lowest BCUT2D eigenvalue weighted by Crippen LogP contribution is -2.20. The average Bonchev–Trinajstić information content (AvgIpc) is 2.70. The van der Waals surface area contributed by atoms with Crippen molar-refractivity contribution >= 4 is 54.8 Å². The largest absolute Gasteiger partial charge is 0.354 e. The van der Waals surface area contributed by atoms with Crippen LogP contribution in [0.4, 0.5) is 11.4 Å². The van der Waals surface area contributed by atoms with Gasteiger partial charge >= 0.3 is 0 Å². The fraction of sp³-hybridized carbons (Fsp3) is 0.0500. The van der Waals surface area contributed by atoms with Crippen LogP contribution in [-0.4, -0.2) is 14.1 Å². The number of fused-ring (bicyclic) bond motifs is 2. The van der Waals surface area contributed by atoms with Gasteiger partial charge in [-0.05, 0) is 61.0 Å².